The molecule has 2 aromatic heterocycles. The van der Waals surface area contributed by atoms with Crippen molar-refractivity contribution >= 4 is 22.5 Å². The predicted molar refractivity (Wildman–Crippen MR) is 118 cm³/mol. The Morgan fingerprint density at radius 3 is 2.23 bits per heavy atom. The second kappa shape index (κ2) is 8.60. The van der Waals surface area contributed by atoms with Gasteiger partial charge in [0.2, 0.25) is 5.95 Å². The van der Waals surface area contributed by atoms with Crippen LogP contribution in [-0.4, -0.2) is 14.5 Å². The number of para-hydroxylation sites is 1. The standard InChI is InChI=1S/C23H17F6N5O/c1-12(32-19-16(23(27,28)29)11-31-21(30)33-19)17-10-13-6-5-9-15(22(24,25)26)18(13)20(35)34(17)14-7-3-2-4-8-14/h2-12H,1H3,(H3,30,31,32,33). The van der Waals surface area contributed by atoms with Gasteiger partial charge in [0.1, 0.15) is 11.4 Å². The van der Waals surface area contributed by atoms with Gasteiger partial charge in [0.15, 0.2) is 0 Å². The Morgan fingerprint density at radius 1 is 0.943 bits per heavy atom. The first-order chi connectivity index (χ1) is 16.4. The number of alkyl halides is 6. The summed E-state index contributed by atoms with van der Waals surface area (Å²) in [5, 5.41) is 2.02. The fraction of sp³-hybridized carbons (Fsp3) is 0.174. The van der Waals surface area contributed by atoms with Crippen molar-refractivity contribution in [3.8, 4) is 5.69 Å². The quantitative estimate of drug-likeness (QED) is 0.363. The van der Waals surface area contributed by atoms with Crippen LogP contribution in [0.3, 0.4) is 0 Å². The fourth-order valence-corrected chi connectivity index (χ4v) is 3.77. The fourth-order valence-electron chi connectivity index (χ4n) is 3.77. The van der Waals surface area contributed by atoms with Crippen LogP contribution < -0.4 is 16.6 Å². The van der Waals surface area contributed by atoms with E-state index in [2.05, 4.69) is 15.3 Å². The number of hydrogen-bond acceptors (Lipinski definition) is 5. The van der Waals surface area contributed by atoms with Crippen molar-refractivity contribution in [1.82, 2.24) is 14.5 Å². The van der Waals surface area contributed by atoms with Gasteiger partial charge in [-0.3, -0.25) is 9.36 Å². The first-order valence-electron chi connectivity index (χ1n) is 10.2. The van der Waals surface area contributed by atoms with E-state index in [0.717, 1.165) is 16.7 Å². The van der Waals surface area contributed by atoms with E-state index in [4.69, 9.17) is 5.73 Å². The lowest BCUT2D eigenvalue weighted by Gasteiger charge is -2.23. The molecule has 0 amide bonds. The zero-order valence-corrected chi connectivity index (χ0v) is 17.9. The third-order valence-corrected chi connectivity index (χ3v) is 5.30. The summed E-state index contributed by atoms with van der Waals surface area (Å²) in [6, 6.07) is 11.4. The van der Waals surface area contributed by atoms with E-state index < -0.39 is 52.2 Å². The maximum atomic E-state index is 13.7. The number of benzene rings is 2. The topological polar surface area (TPSA) is 85.8 Å². The number of nitrogen functional groups attached to an aromatic ring is 1. The van der Waals surface area contributed by atoms with E-state index in [9.17, 15) is 31.1 Å². The molecule has 4 aromatic rings. The van der Waals surface area contributed by atoms with E-state index in [1.54, 1.807) is 18.2 Å². The molecule has 6 nitrogen and oxygen atoms in total. The molecule has 0 saturated carbocycles. The number of rotatable bonds is 4. The molecule has 182 valence electrons. The van der Waals surface area contributed by atoms with Crippen molar-refractivity contribution < 1.29 is 26.3 Å². The normalized spacial score (nSPS) is 13.1. The third-order valence-electron chi connectivity index (χ3n) is 5.30. The highest BCUT2D eigenvalue weighted by Crippen LogP contribution is 2.37. The zero-order chi connectivity index (χ0) is 25.5. The summed E-state index contributed by atoms with van der Waals surface area (Å²) in [7, 11) is 0. The number of aromatic nitrogens is 3. The van der Waals surface area contributed by atoms with Gasteiger partial charge in [-0.1, -0.05) is 30.3 Å². The number of pyridine rings is 1. The van der Waals surface area contributed by atoms with Crippen LogP contribution in [0.1, 0.15) is 29.8 Å². The summed E-state index contributed by atoms with van der Waals surface area (Å²) in [6.07, 6.45) is -9.07. The van der Waals surface area contributed by atoms with Crippen LogP contribution >= 0.6 is 0 Å². The van der Waals surface area contributed by atoms with E-state index in [-0.39, 0.29) is 16.8 Å². The van der Waals surface area contributed by atoms with Gasteiger partial charge in [-0.15, -0.1) is 0 Å². The lowest BCUT2D eigenvalue weighted by molar-refractivity contribution is -0.137. The first-order valence-corrected chi connectivity index (χ1v) is 10.2. The van der Waals surface area contributed by atoms with Crippen molar-refractivity contribution in [3.63, 3.8) is 0 Å². The SMILES string of the molecule is CC(Nc1nc(N)ncc1C(F)(F)F)c1cc2cccc(C(F)(F)F)c2c(=O)n1-c1ccccc1. The summed E-state index contributed by atoms with van der Waals surface area (Å²) in [6.45, 7) is 1.45. The molecular formula is C23H17F6N5O. The summed E-state index contributed by atoms with van der Waals surface area (Å²) in [5.74, 6) is -1.05. The Balaban J connectivity index is 1.96. The van der Waals surface area contributed by atoms with Gasteiger partial charge in [0, 0.05) is 17.6 Å². The second-order valence-corrected chi connectivity index (χ2v) is 7.67. The molecule has 4 rings (SSSR count). The maximum absolute atomic E-state index is 13.7. The Kier molecular flexibility index (Phi) is 5.91. The molecule has 1 unspecified atom stereocenters. The van der Waals surface area contributed by atoms with Crippen LogP contribution in [0.4, 0.5) is 38.1 Å². The van der Waals surface area contributed by atoms with Crippen LogP contribution in [0.2, 0.25) is 0 Å². The number of halogens is 6. The maximum Gasteiger partial charge on any atom is 0.421 e. The summed E-state index contributed by atoms with van der Waals surface area (Å²) < 4.78 is 82.5. The molecule has 0 aliphatic carbocycles. The number of fused-ring (bicyclic) bond motifs is 1. The Hall–Kier alpha value is -4.09. The first kappa shape index (κ1) is 24.0. The molecule has 0 aliphatic heterocycles. The number of nitrogens with zero attached hydrogens (tertiary/aromatic N) is 3. The van der Waals surface area contributed by atoms with Crippen LogP contribution in [0.5, 0.6) is 0 Å². The summed E-state index contributed by atoms with van der Waals surface area (Å²) in [4.78, 5) is 20.5. The molecule has 0 spiro atoms. The van der Waals surface area contributed by atoms with E-state index >= 15 is 0 Å². The van der Waals surface area contributed by atoms with Crippen molar-refractivity contribution in [3.05, 3.63) is 88.0 Å². The Bertz CT molecular complexity index is 1450. The lowest BCUT2D eigenvalue weighted by Crippen LogP contribution is -2.27. The minimum absolute atomic E-state index is 0.0149. The van der Waals surface area contributed by atoms with Crippen LogP contribution in [0, 0.1) is 0 Å². The minimum atomic E-state index is -4.81. The van der Waals surface area contributed by atoms with Crippen molar-refractivity contribution in [2.45, 2.75) is 25.3 Å². The Labute approximate surface area is 194 Å². The smallest absolute Gasteiger partial charge is 0.368 e. The largest absolute Gasteiger partial charge is 0.421 e. The molecule has 0 bridgehead atoms. The van der Waals surface area contributed by atoms with Gasteiger partial charge in [0.05, 0.1) is 17.0 Å². The lowest BCUT2D eigenvalue weighted by atomic mass is 10.0. The molecule has 0 fully saturated rings. The number of anilines is 2. The molecule has 1 atom stereocenters. The number of nitrogens with two attached hydrogens (primary N) is 1. The summed E-state index contributed by atoms with van der Waals surface area (Å²) >= 11 is 0. The second-order valence-electron chi connectivity index (χ2n) is 7.67. The average Bonchev–Trinajstić information content (AvgIpc) is 2.77. The summed E-state index contributed by atoms with van der Waals surface area (Å²) in [5.41, 5.74) is 2.55. The molecule has 35 heavy (non-hydrogen) atoms. The van der Waals surface area contributed by atoms with E-state index in [0.29, 0.717) is 6.20 Å². The van der Waals surface area contributed by atoms with Gasteiger partial charge in [-0.05, 0) is 36.6 Å². The van der Waals surface area contributed by atoms with Crippen molar-refractivity contribution in [2.24, 2.45) is 0 Å². The van der Waals surface area contributed by atoms with Crippen LogP contribution in [0.15, 0.2) is 65.6 Å². The number of nitrogens with one attached hydrogen (secondary N) is 1. The van der Waals surface area contributed by atoms with Crippen molar-refractivity contribution in [2.75, 3.05) is 11.1 Å². The highest BCUT2D eigenvalue weighted by molar-refractivity contribution is 5.86. The van der Waals surface area contributed by atoms with E-state index in [1.165, 1.54) is 31.2 Å². The van der Waals surface area contributed by atoms with Gasteiger partial charge in [-0.2, -0.15) is 31.3 Å². The van der Waals surface area contributed by atoms with Crippen LogP contribution in [-0.2, 0) is 12.4 Å². The van der Waals surface area contributed by atoms with Gasteiger partial charge in [0.25, 0.3) is 5.56 Å². The molecule has 2 aromatic carbocycles. The third kappa shape index (κ3) is 4.63. The van der Waals surface area contributed by atoms with Gasteiger partial charge in [-0.25, -0.2) is 4.98 Å². The number of hydrogen-bond donors (Lipinski definition) is 2. The molecule has 0 saturated heterocycles. The molecule has 3 N–H and O–H groups in total. The average molecular weight is 493 g/mol. The zero-order valence-electron chi connectivity index (χ0n) is 17.9. The van der Waals surface area contributed by atoms with E-state index in [1.807, 2.05) is 0 Å². The molecule has 0 radical (unpaired) electrons. The van der Waals surface area contributed by atoms with Crippen LogP contribution in [0.25, 0.3) is 16.5 Å². The Morgan fingerprint density at radius 2 is 1.60 bits per heavy atom. The molecule has 12 heteroatoms. The molecular weight excluding hydrogens is 476 g/mol. The highest BCUT2D eigenvalue weighted by atomic mass is 19.4. The van der Waals surface area contributed by atoms with Gasteiger partial charge < -0.3 is 11.1 Å². The predicted octanol–water partition coefficient (Wildman–Crippen LogP) is 5.57. The minimum Gasteiger partial charge on any atom is -0.368 e. The molecule has 0 aliphatic rings. The monoisotopic (exact) mass is 493 g/mol. The van der Waals surface area contributed by atoms with Gasteiger partial charge >= 0.3 is 12.4 Å². The molecule has 2 heterocycles. The van der Waals surface area contributed by atoms with Crippen molar-refractivity contribution in [1.29, 1.82) is 0 Å². The highest BCUT2D eigenvalue weighted by Gasteiger charge is 2.36.